The Balaban J connectivity index is 2.65. The van der Waals surface area contributed by atoms with E-state index >= 15 is 0 Å². The molecule has 218 valence electrons. The van der Waals surface area contributed by atoms with Gasteiger partial charge in [0.2, 0.25) is 0 Å². The highest BCUT2D eigenvalue weighted by Gasteiger charge is 2.32. The van der Waals surface area contributed by atoms with Crippen LogP contribution in [0.25, 0.3) is 22.3 Å². The minimum Gasteiger partial charge on any atom is -0.478 e. The van der Waals surface area contributed by atoms with E-state index in [4.69, 9.17) is 14.6 Å². The van der Waals surface area contributed by atoms with Crippen LogP contribution in [-0.4, -0.2) is 92.9 Å². The fourth-order valence-corrected chi connectivity index (χ4v) is 4.27. The molecule has 0 aliphatic carbocycles. The lowest BCUT2D eigenvalue weighted by atomic mass is 9.82. The van der Waals surface area contributed by atoms with Crippen LogP contribution in [0, 0.1) is 0 Å². The lowest BCUT2D eigenvalue weighted by Crippen LogP contribution is -2.19. The van der Waals surface area contributed by atoms with Crippen molar-refractivity contribution >= 4 is 35.8 Å². The first-order valence-electron chi connectivity index (χ1n) is 11.9. The van der Waals surface area contributed by atoms with Crippen LogP contribution in [0.1, 0.15) is 62.1 Å². The zero-order valence-corrected chi connectivity index (χ0v) is 21.4. The van der Waals surface area contributed by atoms with Gasteiger partial charge in [-0.05, 0) is 34.9 Å². The number of ether oxygens (including phenoxy) is 2. The maximum absolute atomic E-state index is 13.4. The fraction of sp³-hybridized carbons (Fsp3) is 0.143. The highest BCUT2D eigenvalue weighted by atomic mass is 16.5. The van der Waals surface area contributed by atoms with Crippen LogP contribution in [0.2, 0.25) is 0 Å². The Hall–Kier alpha value is -5.60. The van der Waals surface area contributed by atoms with Gasteiger partial charge in [-0.1, -0.05) is 30.3 Å². The van der Waals surface area contributed by atoms with Crippen molar-refractivity contribution in [1.82, 2.24) is 0 Å². The summed E-state index contributed by atoms with van der Waals surface area (Å²) in [6.45, 7) is -2.37. The van der Waals surface area contributed by atoms with Gasteiger partial charge in [-0.3, -0.25) is 0 Å². The van der Waals surface area contributed by atoms with Crippen LogP contribution >= 0.6 is 0 Å². The first-order chi connectivity index (χ1) is 20.0. The van der Waals surface area contributed by atoms with Crippen molar-refractivity contribution in [2.24, 2.45) is 0 Å². The van der Waals surface area contributed by atoms with Gasteiger partial charge in [-0.25, -0.2) is 28.8 Å². The Bertz CT molecular complexity index is 1600. The normalized spacial score (nSPS) is 10.5. The number of carbonyl (C=O) groups is 6. The number of aromatic carboxylic acids is 4. The number of rotatable bonds is 12. The maximum atomic E-state index is 13.4. The number of carbonyl (C=O) groups excluding carboxylic acids is 2. The van der Waals surface area contributed by atoms with Gasteiger partial charge in [-0.2, -0.15) is 0 Å². The molecule has 0 fully saturated rings. The number of aliphatic hydroxyl groups is 2. The maximum Gasteiger partial charge on any atom is 0.339 e. The number of esters is 2. The molecule has 3 rings (SSSR count). The van der Waals surface area contributed by atoms with E-state index in [1.807, 2.05) is 0 Å². The second kappa shape index (κ2) is 13.2. The lowest BCUT2D eigenvalue weighted by Gasteiger charge is -2.21. The molecule has 0 spiro atoms. The summed E-state index contributed by atoms with van der Waals surface area (Å²) in [5.41, 5.74) is -5.84. The van der Waals surface area contributed by atoms with Gasteiger partial charge in [0, 0.05) is 5.56 Å². The van der Waals surface area contributed by atoms with E-state index in [1.54, 1.807) is 0 Å². The molecule has 6 N–H and O–H groups in total. The molecule has 14 nitrogen and oxygen atoms in total. The van der Waals surface area contributed by atoms with E-state index in [2.05, 4.69) is 0 Å². The zero-order valence-electron chi connectivity index (χ0n) is 21.4. The number of carboxylic acids is 4. The second-order valence-corrected chi connectivity index (χ2v) is 8.31. The lowest BCUT2D eigenvalue weighted by molar-refractivity contribution is 0.0390. The van der Waals surface area contributed by atoms with Gasteiger partial charge in [-0.15, -0.1) is 0 Å². The molecule has 0 unspecified atom stereocenters. The largest absolute Gasteiger partial charge is 0.478 e. The van der Waals surface area contributed by atoms with Crippen molar-refractivity contribution in [2.45, 2.75) is 0 Å². The average molecular weight is 582 g/mol. The molecule has 0 saturated heterocycles. The molecule has 42 heavy (non-hydrogen) atoms. The topological polar surface area (TPSA) is 242 Å². The number of hydrogen-bond donors (Lipinski definition) is 6. The molecule has 0 heterocycles. The predicted molar refractivity (Wildman–Crippen MR) is 140 cm³/mol. The third-order valence-electron chi connectivity index (χ3n) is 5.86. The molecule has 0 amide bonds. The highest BCUT2D eigenvalue weighted by Crippen LogP contribution is 2.42. The van der Waals surface area contributed by atoms with Gasteiger partial charge in [0.1, 0.15) is 13.2 Å². The summed E-state index contributed by atoms with van der Waals surface area (Å²) < 4.78 is 9.96. The van der Waals surface area contributed by atoms with Crippen molar-refractivity contribution < 1.29 is 68.9 Å². The molecule has 0 atom stereocenters. The SMILES string of the molecule is O=C(O)c1cccc(-c2ccc(C(=O)OCCO)c(C(=O)OCCO)c2-c2cccc(C(=O)O)c2C(=O)O)c1C(=O)O. The monoisotopic (exact) mass is 582 g/mol. The Morgan fingerprint density at radius 1 is 0.500 bits per heavy atom. The van der Waals surface area contributed by atoms with E-state index < -0.39 is 107 Å². The van der Waals surface area contributed by atoms with E-state index in [-0.39, 0.29) is 11.1 Å². The van der Waals surface area contributed by atoms with Crippen LogP contribution in [0.3, 0.4) is 0 Å². The summed E-state index contributed by atoms with van der Waals surface area (Å²) >= 11 is 0. The van der Waals surface area contributed by atoms with Crippen molar-refractivity contribution in [3.8, 4) is 22.3 Å². The number of benzene rings is 3. The quantitative estimate of drug-likeness (QED) is 0.168. The predicted octanol–water partition coefficient (Wildman–Crippen LogP) is 2.11. The Labute approximate surface area is 235 Å². The Morgan fingerprint density at radius 3 is 1.45 bits per heavy atom. The van der Waals surface area contributed by atoms with Crippen molar-refractivity contribution in [1.29, 1.82) is 0 Å². The smallest absolute Gasteiger partial charge is 0.339 e. The van der Waals surface area contributed by atoms with Crippen molar-refractivity contribution in [3.05, 3.63) is 81.9 Å². The van der Waals surface area contributed by atoms with Gasteiger partial charge < -0.3 is 40.1 Å². The number of aliphatic hydroxyl groups excluding tert-OH is 2. The molecule has 0 radical (unpaired) electrons. The van der Waals surface area contributed by atoms with Gasteiger partial charge in [0.05, 0.1) is 46.6 Å². The Morgan fingerprint density at radius 2 is 0.976 bits per heavy atom. The third-order valence-corrected chi connectivity index (χ3v) is 5.86. The number of carboxylic acid groups (broad SMARTS) is 4. The van der Waals surface area contributed by atoms with Gasteiger partial charge in [0.15, 0.2) is 0 Å². The number of hydrogen-bond acceptors (Lipinski definition) is 10. The minimum absolute atomic E-state index is 0.282. The molecule has 0 aromatic heterocycles. The molecule has 14 heteroatoms. The van der Waals surface area contributed by atoms with Crippen LogP contribution in [0.15, 0.2) is 48.5 Å². The van der Waals surface area contributed by atoms with E-state index in [9.17, 15) is 54.3 Å². The Kier molecular flexibility index (Phi) is 9.70. The van der Waals surface area contributed by atoms with Crippen LogP contribution in [0.4, 0.5) is 0 Å². The first-order valence-corrected chi connectivity index (χ1v) is 11.9. The van der Waals surface area contributed by atoms with Crippen LogP contribution < -0.4 is 0 Å². The first kappa shape index (κ1) is 30.9. The summed E-state index contributed by atoms with van der Waals surface area (Å²) in [5, 5.41) is 57.6. The van der Waals surface area contributed by atoms with E-state index in [0.717, 1.165) is 36.4 Å². The van der Waals surface area contributed by atoms with Crippen molar-refractivity contribution in [3.63, 3.8) is 0 Å². The summed E-state index contributed by atoms with van der Waals surface area (Å²) in [7, 11) is 0. The zero-order chi connectivity index (χ0) is 31.1. The molecular formula is C28H22O14. The third kappa shape index (κ3) is 6.09. The second-order valence-electron chi connectivity index (χ2n) is 8.31. The highest BCUT2D eigenvalue weighted by molar-refractivity contribution is 6.16. The molecular weight excluding hydrogens is 560 g/mol. The molecule has 3 aromatic carbocycles. The van der Waals surface area contributed by atoms with E-state index in [0.29, 0.717) is 0 Å². The summed E-state index contributed by atoms with van der Waals surface area (Å²) in [6, 6.07) is 8.67. The standard InChI is InChI=1S/C28H22O14/c29-9-11-41-27(39)18-8-7-14(13-3-1-5-16(23(31)32)20(13)25(35)36)19(22(18)28(40)42-12-10-30)15-4-2-6-17(24(33)34)21(15)26(37)38/h1-8,29-30H,9-12H2,(H,31,32)(H,33,34)(H,35,36)(H,37,38). The van der Waals surface area contributed by atoms with Crippen molar-refractivity contribution in [2.75, 3.05) is 26.4 Å². The summed E-state index contributed by atoms with van der Waals surface area (Å²) in [6.07, 6.45) is 0. The van der Waals surface area contributed by atoms with Crippen LogP contribution in [-0.2, 0) is 9.47 Å². The average Bonchev–Trinajstić information content (AvgIpc) is 2.96. The minimum atomic E-state index is -1.77. The molecule has 0 saturated carbocycles. The van der Waals surface area contributed by atoms with Crippen LogP contribution in [0.5, 0.6) is 0 Å². The summed E-state index contributed by atoms with van der Waals surface area (Å²) in [5.74, 6) is -9.28. The molecule has 3 aromatic rings. The molecule has 0 aliphatic heterocycles. The summed E-state index contributed by atoms with van der Waals surface area (Å²) in [4.78, 5) is 74.9. The molecule has 0 aliphatic rings. The fourth-order valence-electron chi connectivity index (χ4n) is 4.27. The van der Waals surface area contributed by atoms with Gasteiger partial charge in [0.25, 0.3) is 0 Å². The van der Waals surface area contributed by atoms with E-state index in [1.165, 1.54) is 12.1 Å². The molecule has 0 bridgehead atoms. The van der Waals surface area contributed by atoms with Gasteiger partial charge >= 0.3 is 35.8 Å².